The Morgan fingerprint density at radius 3 is 2.56 bits per heavy atom. The van der Waals surface area contributed by atoms with Gasteiger partial charge in [0.05, 0.1) is 5.25 Å². The number of rotatable bonds is 3. The van der Waals surface area contributed by atoms with Crippen molar-refractivity contribution in [2.24, 2.45) is 7.05 Å². The van der Waals surface area contributed by atoms with Gasteiger partial charge in [-0.15, -0.1) is 0 Å². The second-order valence-corrected chi connectivity index (χ2v) is 5.97. The van der Waals surface area contributed by atoms with Crippen LogP contribution in [-0.2, 0) is 11.8 Å². The smallest absolute Gasteiger partial charge is 0.235 e. The highest BCUT2D eigenvalue weighted by molar-refractivity contribution is 8.00. The maximum absolute atomic E-state index is 12.3. The molecule has 1 amide bonds. The van der Waals surface area contributed by atoms with Crippen LogP contribution in [0.3, 0.4) is 0 Å². The second-order valence-electron chi connectivity index (χ2n) is 4.67. The van der Waals surface area contributed by atoms with Gasteiger partial charge in [-0.1, -0.05) is 24.6 Å². The Hall–Kier alpha value is -1.04. The summed E-state index contributed by atoms with van der Waals surface area (Å²) in [6.07, 6.45) is 6.27. The van der Waals surface area contributed by atoms with Crippen molar-refractivity contribution in [1.29, 1.82) is 0 Å². The van der Waals surface area contributed by atoms with Crippen molar-refractivity contribution in [2.45, 2.75) is 43.0 Å². The first-order chi connectivity index (χ1) is 8.68. The summed E-state index contributed by atoms with van der Waals surface area (Å²) >= 11 is 1.48. The van der Waals surface area contributed by atoms with Crippen LogP contribution >= 0.6 is 11.8 Å². The third-order valence-corrected chi connectivity index (χ3v) is 4.35. The van der Waals surface area contributed by atoms with Crippen LogP contribution in [-0.4, -0.2) is 43.9 Å². The molecule has 6 heteroatoms. The summed E-state index contributed by atoms with van der Waals surface area (Å²) < 4.78 is 1.71. The summed E-state index contributed by atoms with van der Waals surface area (Å²) in [5, 5.41) is 4.72. The molecule has 0 spiro atoms. The van der Waals surface area contributed by atoms with Gasteiger partial charge in [0.1, 0.15) is 6.33 Å². The van der Waals surface area contributed by atoms with Crippen molar-refractivity contribution in [3.63, 3.8) is 0 Å². The van der Waals surface area contributed by atoms with E-state index in [1.54, 1.807) is 4.68 Å². The minimum Gasteiger partial charge on any atom is -0.342 e. The Balaban J connectivity index is 1.93. The molecule has 0 radical (unpaired) electrons. The molecule has 1 aliphatic heterocycles. The lowest BCUT2D eigenvalue weighted by Gasteiger charge is -2.23. The van der Waals surface area contributed by atoms with Gasteiger partial charge in [0, 0.05) is 20.1 Å². The molecule has 2 rings (SSSR count). The number of amides is 1. The SMILES string of the molecule is C[C@@H](Sc1ncnn1C)C(=O)N1CCCCCC1. The van der Waals surface area contributed by atoms with Crippen LogP contribution in [0.4, 0.5) is 0 Å². The van der Waals surface area contributed by atoms with Gasteiger partial charge >= 0.3 is 0 Å². The van der Waals surface area contributed by atoms with Crippen LogP contribution in [0.25, 0.3) is 0 Å². The molecule has 18 heavy (non-hydrogen) atoms. The molecular weight excluding hydrogens is 248 g/mol. The van der Waals surface area contributed by atoms with Crippen molar-refractivity contribution < 1.29 is 4.79 Å². The summed E-state index contributed by atoms with van der Waals surface area (Å²) in [4.78, 5) is 18.5. The quantitative estimate of drug-likeness (QED) is 0.783. The first-order valence-electron chi connectivity index (χ1n) is 6.48. The maximum Gasteiger partial charge on any atom is 0.235 e. The summed E-state index contributed by atoms with van der Waals surface area (Å²) in [7, 11) is 1.85. The van der Waals surface area contributed by atoms with Crippen molar-refractivity contribution in [3.8, 4) is 0 Å². The highest BCUT2D eigenvalue weighted by atomic mass is 32.2. The molecule has 1 saturated heterocycles. The summed E-state index contributed by atoms with van der Waals surface area (Å²) in [5.41, 5.74) is 0. The van der Waals surface area contributed by atoms with E-state index < -0.39 is 0 Å². The molecule has 0 bridgehead atoms. The monoisotopic (exact) mass is 268 g/mol. The number of thioether (sulfide) groups is 1. The Bertz CT molecular complexity index is 399. The average molecular weight is 268 g/mol. The number of hydrogen-bond acceptors (Lipinski definition) is 4. The normalized spacial score (nSPS) is 18.4. The Morgan fingerprint density at radius 1 is 1.33 bits per heavy atom. The molecule has 100 valence electrons. The third-order valence-electron chi connectivity index (χ3n) is 3.22. The molecule has 5 nitrogen and oxygen atoms in total. The first kappa shape index (κ1) is 13.4. The van der Waals surface area contributed by atoms with Gasteiger partial charge in [0.25, 0.3) is 0 Å². The molecular formula is C12H20N4OS. The van der Waals surface area contributed by atoms with E-state index in [1.165, 1.54) is 30.9 Å². The van der Waals surface area contributed by atoms with Gasteiger partial charge in [-0.05, 0) is 19.8 Å². The second kappa shape index (κ2) is 6.22. The zero-order valence-corrected chi connectivity index (χ0v) is 11.8. The number of carbonyl (C=O) groups is 1. The van der Waals surface area contributed by atoms with Crippen molar-refractivity contribution >= 4 is 17.7 Å². The van der Waals surface area contributed by atoms with Gasteiger partial charge < -0.3 is 4.90 Å². The van der Waals surface area contributed by atoms with Crippen LogP contribution in [0.2, 0.25) is 0 Å². The molecule has 1 fully saturated rings. The molecule has 0 unspecified atom stereocenters. The molecule has 0 aromatic carbocycles. The maximum atomic E-state index is 12.3. The number of likely N-dealkylation sites (tertiary alicyclic amines) is 1. The standard InChI is InChI=1S/C12H20N4OS/c1-10(18-12-13-9-14-15(12)2)11(17)16-7-5-3-4-6-8-16/h9-10H,3-8H2,1-2H3/t10-/m1/s1. The predicted molar refractivity (Wildman–Crippen MR) is 71.4 cm³/mol. The fraction of sp³-hybridized carbons (Fsp3) is 0.750. The van der Waals surface area contributed by atoms with E-state index in [2.05, 4.69) is 10.1 Å². The molecule has 1 aliphatic rings. The first-order valence-corrected chi connectivity index (χ1v) is 7.36. The zero-order chi connectivity index (χ0) is 13.0. The molecule has 2 heterocycles. The fourth-order valence-electron chi connectivity index (χ4n) is 2.15. The van der Waals surface area contributed by atoms with Crippen LogP contribution in [0.15, 0.2) is 11.5 Å². The lowest BCUT2D eigenvalue weighted by atomic mass is 10.2. The van der Waals surface area contributed by atoms with E-state index in [4.69, 9.17) is 0 Å². The predicted octanol–water partition coefficient (Wildman–Crippen LogP) is 1.70. The van der Waals surface area contributed by atoms with Gasteiger partial charge in [0.15, 0.2) is 5.16 Å². The summed E-state index contributed by atoms with van der Waals surface area (Å²) in [6.45, 7) is 3.76. The number of hydrogen-bond donors (Lipinski definition) is 0. The lowest BCUT2D eigenvalue weighted by molar-refractivity contribution is -0.130. The number of nitrogens with zero attached hydrogens (tertiary/aromatic N) is 4. The largest absolute Gasteiger partial charge is 0.342 e. The number of aryl methyl sites for hydroxylation is 1. The van der Waals surface area contributed by atoms with Gasteiger partial charge in [-0.3, -0.25) is 4.79 Å². The Kier molecular flexibility index (Phi) is 4.63. The molecule has 1 atom stereocenters. The fourth-order valence-corrected chi connectivity index (χ4v) is 3.02. The van der Waals surface area contributed by atoms with Crippen LogP contribution in [0.5, 0.6) is 0 Å². The minimum absolute atomic E-state index is 0.0917. The average Bonchev–Trinajstić information content (AvgIpc) is 2.63. The van der Waals surface area contributed by atoms with Gasteiger partial charge in [-0.25, -0.2) is 9.67 Å². The molecule has 0 N–H and O–H groups in total. The van der Waals surface area contributed by atoms with E-state index >= 15 is 0 Å². The van der Waals surface area contributed by atoms with E-state index in [9.17, 15) is 4.79 Å². The molecule has 0 aliphatic carbocycles. The van der Waals surface area contributed by atoms with E-state index in [-0.39, 0.29) is 11.2 Å². The Morgan fingerprint density at radius 2 is 2.00 bits per heavy atom. The van der Waals surface area contributed by atoms with Crippen molar-refractivity contribution in [3.05, 3.63) is 6.33 Å². The van der Waals surface area contributed by atoms with Gasteiger partial charge in [-0.2, -0.15) is 5.10 Å². The highest BCUT2D eigenvalue weighted by Gasteiger charge is 2.23. The highest BCUT2D eigenvalue weighted by Crippen LogP contribution is 2.22. The molecule has 1 aromatic rings. The Labute approximate surface area is 112 Å². The zero-order valence-electron chi connectivity index (χ0n) is 11.0. The molecule has 1 aromatic heterocycles. The van der Waals surface area contributed by atoms with E-state index in [0.29, 0.717) is 0 Å². The van der Waals surface area contributed by atoms with Crippen LogP contribution in [0.1, 0.15) is 32.6 Å². The van der Waals surface area contributed by atoms with E-state index in [1.807, 2.05) is 18.9 Å². The van der Waals surface area contributed by atoms with Crippen molar-refractivity contribution in [1.82, 2.24) is 19.7 Å². The van der Waals surface area contributed by atoms with Crippen LogP contribution in [0, 0.1) is 0 Å². The molecule has 0 saturated carbocycles. The third kappa shape index (κ3) is 3.25. The van der Waals surface area contributed by atoms with Crippen molar-refractivity contribution in [2.75, 3.05) is 13.1 Å². The number of carbonyl (C=O) groups excluding carboxylic acids is 1. The van der Waals surface area contributed by atoms with Gasteiger partial charge in [0.2, 0.25) is 5.91 Å². The summed E-state index contributed by atoms with van der Waals surface area (Å²) in [5.74, 6) is 0.227. The van der Waals surface area contributed by atoms with E-state index in [0.717, 1.165) is 31.1 Å². The topological polar surface area (TPSA) is 51.0 Å². The summed E-state index contributed by atoms with van der Waals surface area (Å²) in [6, 6.07) is 0. The lowest BCUT2D eigenvalue weighted by Crippen LogP contribution is -2.37. The number of aromatic nitrogens is 3. The van der Waals surface area contributed by atoms with Crippen LogP contribution < -0.4 is 0 Å². The minimum atomic E-state index is -0.0917.